The summed E-state index contributed by atoms with van der Waals surface area (Å²) in [6.45, 7) is 5.50. The van der Waals surface area contributed by atoms with Crippen LogP contribution in [0, 0.1) is 6.92 Å². The maximum absolute atomic E-state index is 5.96. The van der Waals surface area contributed by atoms with Crippen molar-refractivity contribution in [1.82, 2.24) is 9.88 Å². The van der Waals surface area contributed by atoms with Crippen LogP contribution in [0.4, 0.5) is 0 Å². The number of hydrogen-bond acceptors (Lipinski definition) is 4. The topological polar surface area (TPSA) is 34.6 Å². The van der Waals surface area contributed by atoms with Gasteiger partial charge in [-0.05, 0) is 36.6 Å². The average molecular weight is 348 g/mol. The highest BCUT2D eigenvalue weighted by Gasteiger charge is 2.18. The Morgan fingerprint density at radius 3 is 2.92 bits per heavy atom. The minimum atomic E-state index is 0.670. The van der Waals surface area contributed by atoms with Crippen molar-refractivity contribution in [2.45, 2.75) is 19.9 Å². The van der Waals surface area contributed by atoms with Crippen LogP contribution >= 0.6 is 0 Å². The third-order valence-corrected chi connectivity index (χ3v) is 5.02. The van der Waals surface area contributed by atoms with E-state index >= 15 is 0 Å². The number of nitrogens with zero attached hydrogens (tertiary/aromatic N) is 2. The second kappa shape index (κ2) is 7.34. The van der Waals surface area contributed by atoms with Gasteiger partial charge in [0, 0.05) is 30.6 Å². The van der Waals surface area contributed by atoms with Crippen LogP contribution in [-0.2, 0) is 13.0 Å². The number of rotatable bonds is 4. The van der Waals surface area contributed by atoms with Crippen molar-refractivity contribution in [3.8, 4) is 11.6 Å². The van der Waals surface area contributed by atoms with E-state index in [0.29, 0.717) is 6.61 Å². The lowest BCUT2D eigenvalue weighted by Gasteiger charge is -2.20. The SMILES string of the molecule is COc1ccccc1CCN1CCOc2nc3c(C)cccc3cc2C1. The van der Waals surface area contributed by atoms with Crippen LogP contribution in [0.25, 0.3) is 10.9 Å². The Morgan fingerprint density at radius 2 is 2.04 bits per heavy atom. The first-order valence-corrected chi connectivity index (χ1v) is 9.11. The third kappa shape index (κ3) is 3.37. The molecule has 0 aliphatic carbocycles. The van der Waals surface area contributed by atoms with Crippen LogP contribution in [0.5, 0.6) is 11.6 Å². The molecule has 4 nitrogen and oxygen atoms in total. The lowest BCUT2D eigenvalue weighted by molar-refractivity contribution is 0.225. The monoisotopic (exact) mass is 348 g/mol. The maximum atomic E-state index is 5.96. The van der Waals surface area contributed by atoms with Gasteiger partial charge in [0.15, 0.2) is 0 Å². The quantitative estimate of drug-likeness (QED) is 0.714. The average Bonchev–Trinajstić information content (AvgIpc) is 2.87. The summed E-state index contributed by atoms with van der Waals surface area (Å²) >= 11 is 0. The van der Waals surface area contributed by atoms with Gasteiger partial charge in [-0.3, -0.25) is 4.90 Å². The molecule has 1 aromatic heterocycles. The normalized spacial score (nSPS) is 14.5. The molecule has 0 atom stereocenters. The van der Waals surface area contributed by atoms with Gasteiger partial charge in [-0.15, -0.1) is 0 Å². The summed E-state index contributed by atoms with van der Waals surface area (Å²) in [5.41, 5.74) is 4.63. The Kier molecular flexibility index (Phi) is 4.76. The summed E-state index contributed by atoms with van der Waals surface area (Å²) in [4.78, 5) is 7.22. The number of methoxy groups -OCH3 is 1. The van der Waals surface area contributed by atoms with Gasteiger partial charge < -0.3 is 9.47 Å². The highest BCUT2D eigenvalue weighted by atomic mass is 16.5. The van der Waals surface area contributed by atoms with Crippen molar-refractivity contribution in [2.24, 2.45) is 0 Å². The van der Waals surface area contributed by atoms with Crippen LogP contribution in [0.3, 0.4) is 0 Å². The van der Waals surface area contributed by atoms with Gasteiger partial charge in [-0.1, -0.05) is 36.4 Å². The van der Waals surface area contributed by atoms with Gasteiger partial charge in [0.05, 0.1) is 12.6 Å². The van der Waals surface area contributed by atoms with Crippen molar-refractivity contribution in [2.75, 3.05) is 26.8 Å². The van der Waals surface area contributed by atoms with Crippen molar-refractivity contribution in [1.29, 1.82) is 0 Å². The molecule has 4 heteroatoms. The predicted molar refractivity (Wildman–Crippen MR) is 104 cm³/mol. The fourth-order valence-corrected chi connectivity index (χ4v) is 3.58. The zero-order valence-electron chi connectivity index (χ0n) is 15.4. The van der Waals surface area contributed by atoms with Crippen LogP contribution in [0.2, 0.25) is 0 Å². The van der Waals surface area contributed by atoms with Gasteiger partial charge in [0.25, 0.3) is 0 Å². The molecule has 0 bridgehead atoms. The highest BCUT2D eigenvalue weighted by molar-refractivity contribution is 5.83. The zero-order valence-corrected chi connectivity index (χ0v) is 15.4. The molecular formula is C22H24N2O2. The Hall–Kier alpha value is -2.59. The largest absolute Gasteiger partial charge is 0.496 e. The first kappa shape index (κ1) is 16.9. The number of aromatic nitrogens is 1. The van der Waals surface area contributed by atoms with E-state index in [1.165, 1.54) is 22.1 Å². The Morgan fingerprint density at radius 1 is 1.15 bits per heavy atom. The molecule has 0 fully saturated rings. The molecule has 2 aromatic carbocycles. The number of para-hydroxylation sites is 2. The molecule has 3 aromatic rings. The predicted octanol–water partition coefficient (Wildman–Crippen LogP) is 3.99. The number of fused-ring (bicyclic) bond motifs is 2. The number of aryl methyl sites for hydroxylation is 1. The summed E-state index contributed by atoms with van der Waals surface area (Å²) in [6, 6.07) is 16.8. The Balaban J connectivity index is 1.54. The molecule has 0 saturated heterocycles. The molecule has 0 saturated carbocycles. The molecule has 0 unspecified atom stereocenters. The molecule has 0 N–H and O–H groups in total. The minimum Gasteiger partial charge on any atom is -0.496 e. The fourth-order valence-electron chi connectivity index (χ4n) is 3.58. The van der Waals surface area contributed by atoms with E-state index in [1.54, 1.807) is 7.11 Å². The van der Waals surface area contributed by atoms with Gasteiger partial charge in [-0.25, -0.2) is 4.98 Å². The van der Waals surface area contributed by atoms with E-state index in [2.05, 4.69) is 48.2 Å². The van der Waals surface area contributed by atoms with Crippen LogP contribution in [0.15, 0.2) is 48.5 Å². The van der Waals surface area contributed by atoms with Crippen molar-refractivity contribution < 1.29 is 9.47 Å². The number of benzene rings is 2. The summed E-state index contributed by atoms with van der Waals surface area (Å²) in [5.74, 6) is 1.74. The number of hydrogen-bond donors (Lipinski definition) is 0. The lowest BCUT2D eigenvalue weighted by Crippen LogP contribution is -2.28. The molecule has 1 aliphatic heterocycles. The van der Waals surface area contributed by atoms with E-state index in [1.807, 2.05) is 12.1 Å². The van der Waals surface area contributed by atoms with E-state index in [9.17, 15) is 0 Å². The highest BCUT2D eigenvalue weighted by Crippen LogP contribution is 2.27. The molecule has 0 spiro atoms. The maximum Gasteiger partial charge on any atom is 0.218 e. The van der Waals surface area contributed by atoms with Crippen LogP contribution in [0.1, 0.15) is 16.7 Å². The minimum absolute atomic E-state index is 0.670. The first-order valence-electron chi connectivity index (χ1n) is 9.11. The summed E-state index contributed by atoms with van der Waals surface area (Å²) in [7, 11) is 1.73. The Labute approximate surface area is 154 Å². The van der Waals surface area contributed by atoms with E-state index in [0.717, 1.165) is 43.2 Å². The van der Waals surface area contributed by atoms with Gasteiger partial charge in [0.2, 0.25) is 5.88 Å². The Bertz CT molecular complexity index is 923. The molecule has 26 heavy (non-hydrogen) atoms. The standard InChI is InChI=1S/C22H24N2O2/c1-16-6-5-8-18-14-19-15-24(12-13-26-22(19)23-21(16)18)11-10-17-7-3-4-9-20(17)25-2/h3-9,14H,10-13,15H2,1-2H3. The second-order valence-corrected chi connectivity index (χ2v) is 6.79. The molecule has 2 heterocycles. The van der Waals surface area contributed by atoms with E-state index in [-0.39, 0.29) is 0 Å². The van der Waals surface area contributed by atoms with E-state index in [4.69, 9.17) is 14.5 Å². The summed E-state index contributed by atoms with van der Waals surface area (Å²) in [5, 5.41) is 1.18. The van der Waals surface area contributed by atoms with Crippen molar-refractivity contribution in [3.05, 3.63) is 65.2 Å². The smallest absolute Gasteiger partial charge is 0.218 e. The van der Waals surface area contributed by atoms with Crippen LogP contribution in [-0.4, -0.2) is 36.7 Å². The van der Waals surface area contributed by atoms with Crippen molar-refractivity contribution in [3.63, 3.8) is 0 Å². The molecular weight excluding hydrogens is 324 g/mol. The molecule has 1 aliphatic rings. The molecule has 0 radical (unpaired) electrons. The number of ether oxygens (including phenoxy) is 2. The fraction of sp³-hybridized carbons (Fsp3) is 0.318. The van der Waals surface area contributed by atoms with Gasteiger partial charge in [0.1, 0.15) is 12.4 Å². The first-order chi connectivity index (χ1) is 12.7. The molecule has 4 rings (SSSR count). The lowest BCUT2D eigenvalue weighted by atomic mass is 10.1. The molecule has 0 amide bonds. The van der Waals surface area contributed by atoms with E-state index < -0.39 is 0 Å². The number of pyridine rings is 1. The van der Waals surface area contributed by atoms with Gasteiger partial charge >= 0.3 is 0 Å². The molecule has 134 valence electrons. The second-order valence-electron chi connectivity index (χ2n) is 6.79. The third-order valence-electron chi connectivity index (χ3n) is 5.02. The van der Waals surface area contributed by atoms with Gasteiger partial charge in [-0.2, -0.15) is 0 Å². The van der Waals surface area contributed by atoms with Crippen molar-refractivity contribution >= 4 is 10.9 Å². The summed E-state index contributed by atoms with van der Waals surface area (Å²) in [6.07, 6.45) is 0.958. The zero-order chi connectivity index (χ0) is 17.9. The summed E-state index contributed by atoms with van der Waals surface area (Å²) < 4.78 is 11.4. The van der Waals surface area contributed by atoms with Crippen LogP contribution < -0.4 is 9.47 Å².